The van der Waals surface area contributed by atoms with E-state index in [1.54, 1.807) is 27.7 Å². The minimum absolute atomic E-state index is 0.283. The molecule has 1 amide bonds. The lowest BCUT2D eigenvalue weighted by atomic mass is 9.95. The SMILES string of the molecule is CC(N)C(O)C(NC(=O)OC(C)(C)C)C(O)Cc1ccccc1. The first-order valence-corrected chi connectivity index (χ1v) is 7.75. The van der Waals surface area contributed by atoms with Gasteiger partial charge in [0.05, 0.1) is 18.2 Å². The van der Waals surface area contributed by atoms with E-state index in [9.17, 15) is 15.0 Å². The van der Waals surface area contributed by atoms with Gasteiger partial charge in [-0.25, -0.2) is 4.79 Å². The van der Waals surface area contributed by atoms with Gasteiger partial charge in [0.15, 0.2) is 0 Å². The molecule has 4 atom stereocenters. The molecule has 0 spiro atoms. The Morgan fingerprint density at radius 2 is 1.83 bits per heavy atom. The van der Waals surface area contributed by atoms with Crippen LogP contribution in [0.2, 0.25) is 0 Å². The highest BCUT2D eigenvalue weighted by atomic mass is 16.6. The normalized spacial score (nSPS) is 17.0. The second-order valence-electron chi connectivity index (χ2n) is 6.78. The number of hydrogen-bond acceptors (Lipinski definition) is 5. The van der Waals surface area contributed by atoms with E-state index >= 15 is 0 Å². The molecule has 0 aliphatic heterocycles. The number of ether oxygens (including phenoxy) is 1. The molecule has 0 fully saturated rings. The molecule has 1 aromatic carbocycles. The zero-order chi connectivity index (χ0) is 17.6. The molecule has 0 aliphatic rings. The maximum absolute atomic E-state index is 12.0. The Hall–Kier alpha value is -1.63. The Labute approximate surface area is 137 Å². The Balaban J connectivity index is 2.81. The van der Waals surface area contributed by atoms with Crippen molar-refractivity contribution in [1.29, 1.82) is 0 Å². The monoisotopic (exact) mass is 324 g/mol. The molecule has 0 saturated heterocycles. The van der Waals surface area contributed by atoms with Crippen molar-refractivity contribution in [2.45, 2.75) is 64.0 Å². The number of nitrogens with one attached hydrogen (secondary N) is 1. The van der Waals surface area contributed by atoms with Crippen molar-refractivity contribution in [1.82, 2.24) is 5.32 Å². The molecule has 23 heavy (non-hydrogen) atoms. The largest absolute Gasteiger partial charge is 0.444 e. The van der Waals surface area contributed by atoms with Crippen molar-refractivity contribution in [2.75, 3.05) is 0 Å². The average molecular weight is 324 g/mol. The van der Waals surface area contributed by atoms with Gasteiger partial charge in [0, 0.05) is 12.5 Å². The number of alkyl carbamates (subject to hydrolysis) is 1. The fourth-order valence-electron chi connectivity index (χ4n) is 2.16. The summed E-state index contributed by atoms with van der Waals surface area (Å²) in [5.41, 5.74) is 5.95. The molecule has 6 heteroatoms. The van der Waals surface area contributed by atoms with Gasteiger partial charge in [-0.3, -0.25) is 0 Å². The van der Waals surface area contributed by atoms with Gasteiger partial charge in [0.1, 0.15) is 5.60 Å². The minimum atomic E-state index is -1.10. The van der Waals surface area contributed by atoms with Crippen LogP contribution in [0.1, 0.15) is 33.3 Å². The van der Waals surface area contributed by atoms with E-state index in [1.807, 2.05) is 30.3 Å². The van der Waals surface area contributed by atoms with E-state index in [2.05, 4.69) is 5.32 Å². The summed E-state index contributed by atoms with van der Waals surface area (Å²) in [6.45, 7) is 6.83. The first kappa shape index (κ1) is 19.4. The second-order valence-corrected chi connectivity index (χ2v) is 6.78. The van der Waals surface area contributed by atoms with Crippen LogP contribution in [0.25, 0.3) is 0 Å². The first-order chi connectivity index (χ1) is 10.6. The van der Waals surface area contributed by atoms with E-state index in [0.717, 1.165) is 5.56 Å². The van der Waals surface area contributed by atoms with Crippen LogP contribution in [-0.2, 0) is 11.2 Å². The molecule has 0 radical (unpaired) electrons. The van der Waals surface area contributed by atoms with E-state index in [4.69, 9.17) is 10.5 Å². The van der Waals surface area contributed by atoms with Crippen LogP contribution in [0.4, 0.5) is 4.79 Å². The summed E-state index contributed by atoms with van der Waals surface area (Å²) >= 11 is 0. The molecule has 130 valence electrons. The molecule has 0 aliphatic carbocycles. The van der Waals surface area contributed by atoms with Gasteiger partial charge < -0.3 is 26.0 Å². The summed E-state index contributed by atoms with van der Waals surface area (Å²) < 4.78 is 5.19. The zero-order valence-electron chi connectivity index (χ0n) is 14.2. The number of aliphatic hydroxyl groups is 2. The smallest absolute Gasteiger partial charge is 0.408 e. The molecule has 1 aromatic rings. The minimum Gasteiger partial charge on any atom is -0.444 e. The Morgan fingerprint density at radius 3 is 2.30 bits per heavy atom. The lowest BCUT2D eigenvalue weighted by molar-refractivity contribution is 0.00910. The number of amides is 1. The lowest BCUT2D eigenvalue weighted by Gasteiger charge is -2.31. The van der Waals surface area contributed by atoms with Crippen molar-refractivity contribution in [3.63, 3.8) is 0 Å². The van der Waals surface area contributed by atoms with Crippen LogP contribution in [0.15, 0.2) is 30.3 Å². The van der Waals surface area contributed by atoms with Gasteiger partial charge in [-0.1, -0.05) is 30.3 Å². The summed E-state index contributed by atoms with van der Waals surface area (Å²) in [7, 11) is 0. The van der Waals surface area contributed by atoms with Crippen LogP contribution in [0.5, 0.6) is 0 Å². The van der Waals surface area contributed by atoms with Gasteiger partial charge in [0.2, 0.25) is 0 Å². The van der Waals surface area contributed by atoms with E-state index in [1.165, 1.54) is 0 Å². The fourth-order valence-corrected chi connectivity index (χ4v) is 2.16. The van der Waals surface area contributed by atoms with Gasteiger partial charge in [0.25, 0.3) is 0 Å². The molecular weight excluding hydrogens is 296 g/mol. The van der Waals surface area contributed by atoms with E-state index < -0.39 is 36.0 Å². The van der Waals surface area contributed by atoms with Crippen LogP contribution >= 0.6 is 0 Å². The van der Waals surface area contributed by atoms with Crippen molar-refractivity contribution in [2.24, 2.45) is 5.73 Å². The summed E-state index contributed by atoms with van der Waals surface area (Å²) in [6.07, 6.45) is -2.51. The third-order valence-corrected chi connectivity index (χ3v) is 3.29. The third kappa shape index (κ3) is 6.99. The molecule has 5 N–H and O–H groups in total. The second kappa shape index (κ2) is 8.29. The van der Waals surface area contributed by atoms with Crippen LogP contribution in [-0.4, -0.2) is 46.2 Å². The number of aliphatic hydroxyl groups excluding tert-OH is 2. The fraction of sp³-hybridized carbons (Fsp3) is 0.588. The summed E-state index contributed by atoms with van der Waals surface area (Å²) in [6, 6.07) is 7.80. The molecule has 0 bridgehead atoms. The Kier molecular flexibility index (Phi) is 7.00. The van der Waals surface area contributed by atoms with E-state index in [-0.39, 0.29) is 6.42 Å². The highest BCUT2D eigenvalue weighted by Gasteiger charge is 2.32. The highest BCUT2D eigenvalue weighted by Crippen LogP contribution is 2.13. The highest BCUT2D eigenvalue weighted by molar-refractivity contribution is 5.68. The summed E-state index contributed by atoms with van der Waals surface area (Å²) in [5.74, 6) is 0. The maximum Gasteiger partial charge on any atom is 0.408 e. The predicted molar refractivity (Wildman–Crippen MR) is 89.0 cm³/mol. The van der Waals surface area contributed by atoms with Crippen LogP contribution < -0.4 is 11.1 Å². The van der Waals surface area contributed by atoms with Gasteiger partial charge >= 0.3 is 6.09 Å². The molecule has 1 rings (SSSR count). The quantitative estimate of drug-likeness (QED) is 0.629. The lowest BCUT2D eigenvalue weighted by Crippen LogP contribution is -2.57. The Morgan fingerprint density at radius 1 is 1.26 bits per heavy atom. The average Bonchev–Trinajstić information content (AvgIpc) is 2.43. The van der Waals surface area contributed by atoms with Gasteiger partial charge in [-0.15, -0.1) is 0 Å². The number of benzene rings is 1. The third-order valence-electron chi connectivity index (χ3n) is 3.29. The van der Waals surface area contributed by atoms with Gasteiger partial charge in [-0.2, -0.15) is 0 Å². The number of carbonyl (C=O) groups is 1. The topological polar surface area (TPSA) is 105 Å². The standard InChI is InChI=1S/C17H28N2O4/c1-11(18)15(21)14(19-16(22)23-17(2,3)4)13(20)10-12-8-6-5-7-9-12/h5-9,11,13-15,20-21H,10,18H2,1-4H3,(H,19,22). The number of hydrogen-bond donors (Lipinski definition) is 4. The van der Waals surface area contributed by atoms with Crippen molar-refractivity contribution in [3.8, 4) is 0 Å². The number of nitrogens with two attached hydrogens (primary N) is 1. The molecule has 6 nitrogen and oxygen atoms in total. The zero-order valence-corrected chi connectivity index (χ0v) is 14.2. The molecule has 0 saturated carbocycles. The van der Waals surface area contributed by atoms with Crippen molar-refractivity contribution < 1.29 is 19.7 Å². The molecule has 4 unspecified atom stereocenters. The Bertz CT molecular complexity index is 485. The van der Waals surface area contributed by atoms with Crippen molar-refractivity contribution >= 4 is 6.09 Å². The molecular formula is C17H28N2O4. The summed E-state index contributed by atoms with van der Waals surface area (Å²) in [4.78, 5) is 12.0. The van der Waals surface area contributed by atoms with Gasteiger partial charge in [-0.05, 0) is 33.3 Å². The van der Waals surface area contributed by atoms with Crippen LogP contribution in [0, 0.1) is 0 Å². The number of rotatable bonds is 6. The molecule has 0 aromatic heterocycles. The molecule has 0 heterocycles. The van der Waals surface area contributed by atoms with E-state index in [0.29, 0.717) is 0 Å². The van der Waals surface area contributed by atoms with Crippen LogP contribution in [0.3, 0.4) is 0 Å². The first-order valence-electron chi connectivity index (χ1n) is 7.75. The summed E-state index contributed by atoms with van der Waals surface area (Å²) in [5, 5.41) is 23.2. The maximum atomic E-state index is 12.0. The number of carbonyl (C=O) groups excluding carboxylic acids is 1. The predicted octanol–water partition coefficient (Wildman–Crippen LogP) is 1.19. The van der Waals surface area contributed by atoms with Crippen molar-refractivity contribution in [3.05, 3.63) is 35.9 Å².